The molecule has 0 aliphatic rings. The number of aryl methyl sites for hydroxylation is 2. The third-order valence-corrected chi connectivity index (χ3v) is 2.81. The second kappa shape index (κ2) is 3.12. The van der Waals surface area contributed by atoms with Gasteiger partial charge in [-0.05, 0) is 31.9 Å². The van der Waals surface area contributed by atoms with Gasteiger partial charge in [0.1, 0.15) is 5.65 Å². The molecule has 2 aromatic heterocycles. The molecule has 0 radical (unpaired) electrons. The number of nitrogens with zero attached hydrogens (tertiary/aromatic N) is 2. The number of hydrogen-bond acceptors (Lipinski definition) is 3. The van der Waals surface area contributed by atoms with Crippen molar-refractivity contribution in [3.05, 3.63) is 27.3 Å². The Bertz CT molecular complexity index is 580. The van der Waals surface area contributed by atoms with Crippen molar-refractivity contribution >= 4 is 5.65 Å². The average Bonchev–Trinajstić information content (AvgIpc) is 2.44. The minimum Gasteiger partial charge on any atom is -0.468 e. The van der Waals surface area contributed by atoms with Crippen molar-refractivity contribution in [2.45, 2.75) is 20.8 Å². The molecule has 0 amide bonds. The van der Waals surface area contributed by atoms with Crippen molar-refractivity contribution in [2.24, 2.45) is 0 Å². The summed E-state index contributed by atoms with van der Waals surface area (Å²) in [5.41, 5.74) is 3.45. The van der Waals surface area contributed by atoms with Gasteiger partial charge >= 0.3 is 5.69 Å². The molecule has 0 aliphatic carbocycles. The summed E-state index contributed by atoms with van der Waals surface area (Å²) in [6.07, 6.45) is 0. The average molecular weight is 207 g/mol. The summed E-state index contributed by atoms with van der Waals surface area (Å²) < 4.78 is 6.49. The van der Waals surface area contributed by atoms with Crippen LogP contribution in [0.3, 0.4) is 0 Å². The molecule has 0 aliphatic heterocycles. The first kappa shape index (κ1) is 9.76. The molecule has 5 heteroatoms. The van der Waals surface area contributed by atoms with Gasteiger partial charge in [0.2, 0.25) is 0 Å². The molecule has 80 valence electrons. The van der Waals surface area contributed by atoms with Crippen LogP contribution in [0.25, 0.3) is 5.65 Å². The van der Waals surface area contributed by atoms with Gasteiger partial charge < -0.3 is 4.74 Å². The smallest absolute Gasteiger partial charge is 0.335 e. The summed E-state index contributed by atoms with van der Waals surface area (Å²) in [5.74, 6) is 0. The molecule has 0 aromatic carbocycles. The van der Waals surface area contributed by atoms with E-state index in [4.69, 9.17) is 4.74 Å². The van der Waals surface area contributed by atoms with Crippen LogP contribution in [0.2, 0.25) is 0 Å². The quantitative estimate of drug-likeness (QED) is 0.757. The number of methoxy groups -OCH3 is 1. The molecule has 0 spiro atoms. The highest BCUT2D eigenvalue weighted by Gasteiger charge is 2.13. The first-order valence-electron chi connectivity index (χ1n) is 4.68. The van der Waals surface area contributed by atoms with E-state index in [0.717, 1.165) is 16.8 Å². The van der Waals surface area contributed by atoms with Gasteiger partial charge in [0.05, 0.1) is 7.11 Å². The number of H-pyrrole nitrogens is 1. The molecule has 2 rings (SSSR count). The van der Waals surface area contributed by atoms with E-state index in [1.165, 1.54) is 7.11 Å². The number of hydrogen-bond donors (Lipinski definition) is 1. The van der Waals surface area contributed by atoms with Crippen molar-refractivity contribution in [3.63, 3.8) is 0 Å². The zero-order valence-electron chi connectivity index (χ0n) is 9.21. The van der Waals surface area contributed by atoms with Crippen molar-refractivity contribution in [1.29, 1.82) is 0 Å². The first-order chi connectivity index (χ1) is 7.06. The summed E-state index contributed by atoms with van der Waals surface area (Å²) in [7, 11) is 1.48. The molecule has 0 saturated heterocycles. The number of rotatable bonds is 1. The van der Waals surface area contributed by atoms with E-state index in [0.29, 0.717) is 5.65 Å². The SMILES string of the molecule is COc1nc2c(C)c(C)c(C)n2c(=O)[nH]1. The Morgan fingerprint density at radius 3 is 2.53 bits per heavy atom. The van der Waals surface area contributed by atoms with E-state index in [9.17, 15) is 4.79 Å². The lowest BCUT2D eigenvalue weighted by Crippen LogP contribution is -2.19. The largest absolute Gasteiger partial charge is 0.468 e. The topological polar surface area (TPSA) is 59.4 Å². The highest BCUT2D eigenvalue weighted by atomic mass is 16.5. The van der Waals surface area contributed by atoms with Gasteiger partial charge in [-0.1, -0.05) is 0 Å². The van der Waals surface area contributed by atoms with Gasteiger partial charge in [-0.3, -0.25) is 4.98 Å². The number of fused-ring (bicyclic) bond motifs is 1. The molecule has 0 bridgehead atoms. The van der Waals surface area contributed by atoms with Crippen LogP contribution in [0.1, 0.15) is 16.8 Å². The van der Waals surface area contributed by atoms with Crippen molar-refractivity contribution in [3.8, 4) is 6.01 Å². The van der Waals surface area contributed by atoms with Gasteiger partial charge in [-0.15, -0.1) is 0 Å². The molecule has 0 saturated carbocycles. The highest BCUT2D eigenvalue weighted by molar-refractivity contribution is 5.55. The fourth-order valence-corrected chi connectivity index (χ4v) is 1.68. The summed E-state index contributed by atoms with van der Waals surface area (Å²) in [6, 6.07) is 0.244. The number of aromatic nitrogens is 3. The van der Waals surface area contributed by atoms with Crippen LogP contribution in [0, 0.1) is 20.8 Å². The summed E-state index contributed by atoms with van der Waals surface area (Å²) in [6.45, 7) is 5.83. The Hall–Kier alpha value is -1.78. The zero-order valence-corrected chi connectivity index (χ0v) is 9.21. The van der Waals surface area contributed by atoms with Crippen LogP contribution < -0.4 is 10.4 Å². The third-order valence-electron chi connectivity index (χ3n) is 2.81. The van der Waals surface area contributed by atoms with Crippen molar-refractivity contribution in [2.75, 3.05) is 7.11 Å². The van der Waals surface area contributed by atoms with E-state index in [1.807, 2.05) is 20.8 Å². The van der Waals surface area contributed by atoms with E-state index in [1.54, 1.807) is 4.40 Å². The Balaban J connectivity index is 2.98. The van der Waals surface area contributed by atoms with Gasteiger partial charge in [-0.25, -0.2) is 9.20 Å². The van der Waals surface area contributed by atoms with Crippen LogP contribution >= 0.6 is 0 Å². The van der Waals surface area contributed by atoms with Gasteiger partial charge in [-0.2, -0.15) is 4.98 Å². The van der Waals surface area contributed by atoms with Crippen LogP contribution in [0.5, 0.6) is 6.01 Å². The molecule has 0 atom stereocenters. The lowest BCUT2D eigenvalue weighted by Gasteiger charge is -2.00. The summed E-state index contributed by atoms with van der Waals surface area (Å²) in [4.78, 5) is 18.5. The lowest BCUT2D eigenvalue weighted by molar-refractivity contribution is 0.377. The second-order valence-electron chi connectivity index (χ2n) is 3.55. The Kier molecular flexibility index (Phi) is 2.03. The minimum atomic E-state index is -0.217. The molecule has 0 unspecified atom stereocenters. The predicted molar refractivity (Wildman–Crippen MR) is 56.6 cm³/mol. The van der Waals surface area contributed by atoms with Gasteiger partial charge in [0.15, 0.2) is 0 Å². The Morgan fingerprint density at radius 1 is 1.27 bits per heavy atom. The fourth-order valence-electron chi connectivity index (χ4n) is 1.68. The fraction of sp³-hybridized carbons (Fsp3) is 0.400. The third kappa shape index (κ3) is 1.23. The van der Waals surface area contributed by atoms with Crippen LogP contribution in [-0.2, 0) is 0 Å². The lowest BCUT2D eigenvalue weighted by atomic mass is 10.2. The van der Waals surface area contributed by atoms with Crippen LogP contribution in [-0.4, -0.2) is 21.5 Å². The maximum Gasteiger partial charge on any atom is 0.335 e. The molecule has 1 N–H and O–H groups in total. The van der Waals surface area contributed by atoms with E-state index in [-0.39, 0.29) is 11.7 Å². The van der Waals surface area contributed by atoms with E-state index in [2.05, 4.69) is 9.97 Å². The minimum absolute atomic E-state index is 0.217. The number of nitrogens with one attached hydrogen (secondary N) is 1. The molecule has 0 fully saturated rings. The highest BCUT2D eigenvalue weighted by Crippen LogP contribution is 2.18. The standard InChI is InChI=1S/C10H13N3O2/c1-5-6(2)8-11-9(15-4)12-10(14)13(8)7(5)3/h1-4H3,(H,11,12,14). The number of aromatic amines is 1. The maximum atomic E-state index is 11.7. The van der Waals surface area contributed by atoms with Gasteiger partial charge in [0.25, 0.3) is 6.01 Å². The molecular weight excluding hydrogens is 194 g/mol. The summed E-state index contributed by atoms with van der Waals surface area (Å²) >= 11 is 0. The van der Waals surface area contributed by atoms with Gasteiger partial charge in [0, 0.05) is 5.69 Å². The molecular formula is C10H13N3O2. The number of ether oxygens (including phenoxy) is 1. The normalized spacial score (nSPS) is 10.9. The molecule has 5 nitrogen and oxygen atoms in total. The van der Waals surface area contributed by atoms with Crippen LogP contribution in [0.15, 0.2) is 4.79 Å². The van der Waals surface area contributed by atoms with Crippen LogP contribution in [0.4, 0.5) is 0 Å². The Morgan fingerprint density at radius 2 is 1.93 bits per heavy atom. The van der Waals surface area contributed by atoms with Crippen molar-refractivity contribution < 1.29 is 4.74 Å². The van der Waals surface area contributed by atoms with E-state index >= 15 is 0 Å². The zero-order chi connectivity index (χ0) is 11.2. The molecule has 15 heavy (non-hydrogen) atoms. The molecule has 2 heterocycles. The van der Waals surface area contributed by atoms with E-state index < -0.39 is 0 Å². The summed E-state index contributed by atoms with van der Waals surface area (Å²) in [5, 5.41) is 0. The monoisotopic (exact) mass is 207 g/mol. The maximum absolute atomic E-state index is 11.7. The molecule has 2 aromatic rings. The van der Waals surface area contributed by atoms with Crippen molar-refractivity contribution in [1.82, 2.24) is 14.4 Å². The first-order valence-corrected chi connectivity index (χ1v) is 4.68. The predicted octanol–water partition coefficient (Wildman–Crippen LogP) is 0.956. The second-order valence-corrected chi connectivity index (χ2v) is 3.55. The Labute approximate surface area is 86.7 Å².